The number of β-amino-alcohol motifs (C(OH)–C–C–N with tert-alkyl or cyclic N) is 1. The van der Waals surface area contributed by atoms with Crippen molar-refractivity contribution in [1.29, 1.82) is 0 Å². The summed E-state index contributed by atoms with van der Waals surface area (Å²) in [7, 11) is 0. The molecule has 1 fully saturated rings. The van der Waals surface area contributed by atoms with Crippen molar-refractivity contribution in [3.05, 3.63) is 11.9 Å². The Bertz CT molecular complexity index is 474. The minimum atomic E-state index is -0.216. The van der Waals surface area contributed by atoms with Crippen molar-refractivity contribution in [2.24, 2.45) is 0 Å². The zero-order valence-electron chi connectivity index (χ0n) is 9.13. The minimum absolute atomic E-state index is 0.216. The number of anilines is 1. The summed E-state index contributed by atoms with van der Waals surface area (Å²) in [5.41, 5.74) is 0.990. The zero-order chi connectivity index (χ0) is 11.1. The second-order valence-electron chi connectivity index (χ2n) is 4.24. The van der Waals surface area contributed by atoms with Gasteiger partial charge in [-0.05, 0) is 19.8 Å². The van der Waals surface area contributed by atoms with Crippen LogP contribution in [0.25, 0.3) is 4.96 Å². The first-order valence-electron chi connectivity index (χ1n) is 5.48. The summed E-state index contributed by atoms with van der Waals surface area (Å²) in [6, 6.07) is 0. The van der Waals surface area contributed by atoms with Gasteiger partial charge in [-0.15, -0.1) is 5.10 Å². The monoisotopic (exact) mass is 238 g/mol. The van der Waals surface area contributed by atoms with Crippen LogP contribution in [0.4, 0.5) is 5.13 Å². The zero-order valence-corrected chi connectivity index (χ0v) is 9.94. The third-order valence-electron chi connectivity index (χ3n) is 2.82. The average molecular weight is 238 g/mol. The fraction of sp³-hybridized carbons (Fsp3) is 0.600. The highest BCUT2D eigenvalue weighted by molar-refractivity contribution is 7.20. The molecule has 5 nitrogen and oxygen atoms in total. The van der Waals surface area contributed by atoms with Gasteiger partial charge in [-0.3, -0.25) is 0 Å². The average Bonchev–Trinajstić information content (AvgIpc) is 2.74. The van der Waals surface area contributed by atoms with Crippen molar-refractivity contribution >= 4 is 21.4 Å². The van der Waals surface area contributed by atoms with E-state index in [1.54, 1.807) is 11.3 Å². The molecule has 6 heteroatoms. The Morgan fingerprint density at radius 2 is 2.44 bits per heavy atom. The Morgan fingerprint density at radius 1 is 1.56 bits per heavy atom. The molecule has 3 heterocycles. The van der Waals surface area contributed by atoms with E-state index in [1.165, 1.54) is 0 Å². The van der Waals surface area contributed by atoms with Crippen LogP contribution in [0.2, 0.25) is 0 Å². The van der Waals surface area contributed by atoms with E-state index in [-0.39, 0.29) is 6.10 Å². The Morgan fingerprint density at radius 3 is 3.19 bits per heavy atom. The molecular weight excluding hydrogens is 224 g/mol. The molecule has 1 aliphatic rings. The molecule has 0 spiro atoms. The highest BCUT2D eigenvalue weighted by Crippen LogP contribution is 2.25. The molecule has 0 aromatic carbocycles. The molecule has 0 saturated carbocycles. The molecule has 2 aromatic rings. The first-order chi connectivity index (χ1) is 7.72. The lowest BCUT2D eigenvalue weighted by Crippen LogP contribution is -2.38. The summed E-state index contributed by atoms with van der Waals surface area (Å²) in [6.45, 7) is 3.63. The van der Waals surface area contributed by atoms with E-state index in [9.17, 15) is 5.11 Å². The topological polar surface area (TPSA) is 53.7 Å². The number of piperidine rings is 1. The lowest BCUT2D eigenvalue weighted by molar-refractivity contribution is 0.154. The van der Waals surface area contributed by atoms with Crippen LogP contribution in [0.1, 0.15) is 18.5 Å². The maximum absolute atomic E-state index is 9.62. The molecule has 0 unspecified atom stereocenters. The van der Waals surface area contributed by atoms with Gasteiger partial charge in [-0.2, -0.15) is 0 Å². The lowest BCUT2D eigenvalue weighted by Gasteiger charge is -2.29. The maximum Gasteiger partial charge on any atom is 0.214 e. The van der Waals surface area contributed by atoms with Crippen molar-refractivity contribution in [2.75, 3.05) is 18.0 Å². The third-order valence-corrected chi connectivity index (χ3v) is 3.80. The SMILES string of the molecule is Cc1cn2nc(N3CCC[C@@H](O)C3)sc2n1. The van der Waals surface area contributed by atoms with Gasteiger partial charge in [0.15, 0.2) is 0 Å². The molecule has 1 aliphatic heterocycles. The van der Waals surface area contributed by atoms with E-state index in [0.29, 0.717) is 6.54 Å². The van der Waals surface area contributed by atoms with Gasteiger partial charge < -0.3 is 10.0 Å². The van der Waals surface area contributed by atoms with Gasteiger partial charge in [-0.25, -0.2) is 9.50 Å². The van der Waals surface area contributed by atoms with Gasteiger partial charge in [0.2, 0.25) is 10.1 Å². The molecule has 1 atom stereocenters. The number of imidazole rings is 1. The van der Waals surface area contributed by atoms with Crippen LogP contribution in [0.3, 0.4) is 0 Å². The van der Waals surface area contributed by atoms with E-state index in [0.717, 1.165) is 35.2 Å². The highest BCUT2D eigenvalue weighted by Gasteiger charge is 2.21. The summed E-state index contributed by atoms with van der Waals surface area (Å²) in [6.07, 6.45) is 3.64. The fourth-order valence-corrected chi connectivity index (χ4v) is 3.02. The highest BCUT2D eigenvalue weighted by atomic mass is 32.1. The molecule has 3 rings (SSSR count). The van der Waals surface area contributed by atoms with Gasteiger partial charge in [-0.1, -0.05) is 11.3 Å². The number of rotatable bonds is 1. The lowest BCUT2D eigenvalue weighted by atomic mass is 10.1. The Balaban J connectivity index is 1.90. The summed E-state index contributed by atoms with van der Waals surface area (Å²) in [4.78, 5) is 7.44. The second kappa shape index (κ2) is 3.71. The van der Waals surface area contributed by atoms with Crippen LogP contribution in [-0.2, 0) is 0 Å². The Kier molecular flexibility index (Phi) is 2.33. The molecule has 2 aromatic heterocycles. The largest absolute Gasteiger partial charge is 0.391 e. The summed E-state index contributed by atoms with van der Waals surface area (Å²) in [5.74, 6) is 0. The van der Waals surface area contributed by atoms with Gasteiger partial charge in [0.1, 0.15) is 0 Å². The van der Waals surface area contributed by atoms with E-state index in [2.05, 4.69) is 15.0 Å². The number of aliphatic hydroxyl groups excluding tert-OH is 1. The molecular formula is C10H14N4OS. The molecule has 16 heavy (non-hydrogen) atoms. The first kappa shape index (κ1) is 10.0. The predicted octanol–water partition coefficient (Wildman–Crippen LogP) is 1.06. The van der Waals surface area contributed by atoms with Crippen LogP contribution in [0.15, 0.2) is 6.20 Å². The molecule has 0 radical (unpaired) electrons. The van der Waals surface area contributed by atoms with Crippen LogP contribution in [-0.4, -0.2) is 38.9 Å². The smallest absolute Gasteiger partial charge is 0.214 e. The van der Waals surface area contributed by atoms with Crippen molar-refractivity contribution in [3.63, 3.8) is 0 Å². The number of hydrogen-bond acceptors (Lipinski definition) is 5. The van der Waals surface area contributed by atoms with Crippen LogP contribution >= 0.6 is 11.3 Å². The maximum atomic E-state index is 9.62. The number of fused-ring (bicyclic) bond motifs is 1. The summed E-state index contributed by atoms with van der Waals surface area (Å²) >= 11 is 1.58. The molecule has 86 valence electrons. The van der Waals surface area contributed by atoms with Crippen LogP contribution in [0.5, 0.6) is 0 Å². The molecule has 0 bridgehead atoms. The van der Waals surface area contributed by atoms with Crippen molar-refractivity contribution < 1.29 is 5.11 Å². The van der Waals surface area contributed by atoms with E-state index < -0.39 is 0 Å². The molecule has 1 saturated heterocycles. The first-order valence-corrected chi connectivity index (χ1v) is 6.30. The van der Waals surface area contributed by atoms with Gasteiger partial charge >= 0.3 is 0 Å². The summed E-state index contributed by atoms with van der Waals surface area (Å²) in [5, 5.41) is 15.1. The van der Waals surface area contributed by atoms with E-state index in [1.807, 2.05) is 17.6 Å². The number of hydrogen-bond donors (Lipinski definition) is 1. The van der Waals surface area contributed by atoms with Crippen molar-refractivity contribution in [3.8, 4) is 0 Å². The summed E-state index contributed by atoms with van der Waals surface area (Å²) < 4.78 is 1.82. The normalized spacial score (nSPS) is 21.9. The standard InChI is InChI=1S/C10H14N4OS/c1-7-5-14-9(11-7)16-10(12-14)13-4-2-3-8(15)6-13/h5,8,15H,2-4,6H2,1H3/t8-/m1/s1. The van der Waals surface area contributed by atoms with Gasteiger partial charge in [0.05, 0.1) is 18.0 Å². The Labute approximate surface area is 97.3 Å². The van der Waals surface area contributed by atoms with Crippen LogP contribution in [0, 0.1) is 6.92 Å². The molecule has 0 amide bonds. The van der Waals surface area contributed by atoms with E-state index >= 15 is 0 Å². The Hall–Kier alpha value is -1.14. The third kappa shape index (κ3) is 1.68. The number of aliphatic hydroxyl groups is 1. The number of nitrogens with zero attached hydrogens (tertiary/aromatic N) is 4. The minimum Gasteiger partial charge on any atom is -0.391 e. The quantitative estimate of drug-likeness (QED) is 0.807. The van der Waals surface area contributed by atoms with Crippen LogP contribution < -0.4 is 4.90 Å². The van der Waals surface area contributed by atoms with Gasteiger partial charge in [0, 0.05) is 13.1 Å². The second-order valence-corrected chi connectivity index (χ2v) is 5.17. The van der Waals surface area contributed by atoms with E-state index in [4.69, 9.17) is 0 Å². The number of aromatic nitrogens is 3. The molecule has 1 N–H and O–H groups in total. The number of aryl methyl sites for hydroxylation is 1. The fourth-order valence-electron chi connectivity index (χ4n) is 2.05. The van der Waals surface area contributed by atoms with Crippen molar-refractivity contribution in [2.45, 2.75) is 25.9 Å². The molecule has 0 aliphatic carbocycles. The van der Waals surface area contributed by atoms with Gasteiger partial charge in [0.25, 0.3) is 0 Å². The van der Waals surface area contributed by atoms with Crippen molar-refractivity contribution in [1.82, 2.24) is 14.6 Å². The predicted molar refractivity (Wildman–Crippen MR) is 63.1 cm³/mol.